The SMILES string of the molecule is CCN(c1ccccc1)S(=O)(=O)c1ccc(C(=O)N(Cc2ccccn2)c2nc3c(C)ccc(Cl)c3s2)cc1. The van der Waals surface area contributed by atoms with E-state index in [-0.39, 0.29) is 23.9 Å². The highest BCUT2D eigenvalue weighted by molar-refractivity contribution is 7.92. The largest absolute Gasteiger partial charge is 0.278 e. The Morgan fingerprint density at radius 3 is 2.31 bits per heavy atom. The minimum Gasteiger partial charge on any atom is -0.278 e. The summed E-state index contributed by atoms with van der Waals surface area (Å²) in [6.45, 7) is 4.18. The van der Waals surface area contributed by atoms with E-state index in [2.05, 4.69) is 4.98 Å². The van der Waals surface area contributed by atoms with Crippen LogP contribution in [0.15, 0.2) is 96.0 Å². The zero-order valence-electron chi connectivity index (χ0n) is 21.3. The number of aromatic nitrogens is 2. The van der Waals surface area contributed by atoms with Crippen LogP contribution in [0.2, 0.25) is 5.02 Å². The van der Waals surface area contributed by atoms with Gasteiger partial charge in [-0.05, 0) is 74.0 Å². The number of halogens is 1. The number of aryl methyl sites for hydroxylation is 1. The first kappa shape index (κ1) is 26.8. The molecule has 2 aromatic heterocycles. The Bertz CT molecular complexity index is 1690. The number of nitrogens with zero attached hydrogens (tertiary/aromatic N) is 4. The predicted octanol–water partition coefficient (Wildman–Crippen LogP) is 6.72. The first-order valence-corrected chi connectivity index (χ1v) is 14.9. The van der Waals surface area contributed by atoms with E-state index in [1.807, 2.05) is 43.3 Å². The third-order valence-electron chi connectivity index (χ3n) is 6.23. The third-order valence-corrected chi connectivity index (χ3v) is 9.68. The Labute approximate surface area is 236 Å². The second-order valence-corrected chi connectivity index (χ2v) is 12.0. The zero-order valence-corrected chi connectivity index (χ0v) is 23.7. The molecule has 0 fully saturated rings. The van der Waals surface area contributed by atoms with Crippen molar-refractivity contribution < 1.29 is 13.2 Å². The van der Waals surface area contributed by atoms with Gasteiger partial charge >= 0.3 is 0 Å². The van der Waals surface area contributed by atoms with E-state index in [1.165, 1.54) is 39.9 Å². The maximum atomic E-state index is 13.8. The van der Waals surface area contributed by atoms with E-state index in [9.17, 15) is 13.2 Å². The minimum absolute atomic E-state index is 0.100. The Balaban J connectivity index is 1.50. The lowest BCUT2D eigenvalue weighted by molar-refractivity contribution is 0.0984. The number of anilines is 2. The molecule has 0 radical (unpaired) electrons. The molecule has 0 aliphatic heterocycles. The highest BCUT2D eigenvalue weighted by atomic mass is 35.5. The van der Waals surface area contributed by atoms with Crippen LogP contribution < -0.4 is 9.21 Å². The Hall–Kier alpha value is -3.79. The summed E-state index contributed by atoms with van der Waals surface area (Å²) in [7, 11) is -3.82. The first-order chi connectivity index (χ1) is 18.8. The lowest BCUT2D eigenvalue weighted by atomic mass is 10.2. The average Bonchev–Trinajstić information content (AvgIpc) is 3.42. The number of carbonyl (C=O) groups excluding carboxylic acids is 1. The fraction of sp³-hybridized carbons (Fsp3) is 0.138. The number of amides is 1. The summed E-state index contributed by atoms with van der Waals surface area (Å²) in [5.41, 5.74) is 3.29. The van der Waals surface area contributed by atoms with Crippen molar-refractivity contribution >= 4 is 59.9 Å². The third kappa shape index (κ3) is 5.38. The van der Waals surface area contributed by atoms with Gasteiger partial charge in [-0.3, -0.25) is 19.0 Å². The van der Waals surface area contributed by atoms with Crippen LogP contribution in [0.5, 0.6) is 0 Å². The molecular weight excluding hydrogens is 552 g/mol. The topological polar surface area (TPSA) is 83.5 Å². The summed E-state index contributed by atoms with van der Waals surface area (Å²) in [4.78, 5) is 24.6. The van der Waals surface area contributed by atoms with Gasteiger partial charge in [0, 0.05) is 18.3 Å². The molecule has 0 saturated heterocycles. The first-order valence-electron chi connectivity index (χ1n) is 12.2. The summed E-state index contributed by atoms with van der Waals surface area (Å²) in [5.74, 6) is -0.326. The van der Waals surface area contributed by atoms with E-state index < -0.39 is 10.0 Å². The molecule has 0 saturated carbocycles. The summed E-state index contributed by atoms with van der Waals surface area (Å²) in [5, 5.41) is 1.05. The van der Waals surface area contributed by atoms with Gasteiger partial charge in [-0.1, -0.05) is 53.3 Å². The lowest BCUT2D eigenvalue weighted by Gasteiger charge is -2.23. The van der Waals surface area contributed by atoms with Gasteiger partial charge in [0.15, 0.2) is 5.13 Å². The van der Waals surface area contributed by atoms with Crippen molar-refractivity contribution in [2.75, 3.05) is 15.7 Å². The van der Waals surface area contributed by atoms with Crippen molar-refractivity contribution in [2.24, 2.45) is 0 Å². The van der Waals surface area contributed by atoms with Crippen molar-refractivity contribution in [3.05, 3.63) is 113 Å². The number of hydrogen-bond acceptors (Lipinski definition) is 6. The zero-order chi connectivity index (χ0) is 27.6. The number of carbonyl (C=O) groups is 1. The molecule has 1 amide bonds. The second-order valence-electron chi connectivity index (χ2n) is 8.78. The molecule has 198 valence electrons. The van der Waals surface area contributed by atoms with E-state index in [1.54, 1.807) is 42.3 Å². The second kappa shape index (κ2) is 11.1. The normalized spacial score (nSPS) is 11.5. The van der Waals surface area contributed by atoms with Crippen LogP contribution in [0, 0.1) is 6.92 Å². The summed E-state index contributed by atoms with van der Waals surface area (Å²) in [6, 6.07) is 24.1. The number of pyridine rings is 1. The van der Waals surface area contributed by atoms with Crippen LogP contribution in [-0.2, 0) is 16.6 Å². The maximum absolute atomic E-state index is 13.8. The van der Waals surface area contributed by atoms with Gasteiger partial charge in [-0.25, -0.2) is 13.4 Å². The van der Waals surface area contributed by atoms with Crippen LogP contribution in [0.3, 0.4) is 0 Å². The van der Waals surface area contributed by atoms with Crippen molar-refractivity contribution in [2.45, 2.75) is 25.3 Å². The minimum atomic E-state index is -3.82. The highest BCUT2D eigenvalue weighted by Crippen LogP contribution is 2.36. The van der Waals surface area contributed by atoms with Crippen molar-refractivity contribution in [3.8, 4) is 0 Å². The monoisotopic (exact) mass is 576 g/mol. The smallest absolute Gasteiger partial charge is 0.264 e. The van der Waals surface area contributed by atoms with Gasteiger partial charge in [-0.15, -0.1) is 0 Å². The fourth-order valence-electron chi connectivity index (χ4n) is 4.22. The van der Waals surface area contributed by atoms with Crippen LogP contribution in [0.1, 0.15) is 28.5 Å². The highest BCUT2D eigenvalue weighted by Gasteiger charge is 2.26. The van der Waals surface area contributed by atoms with Gasteiger partial charge in [0.2, 0.25) is 0 Å². The Morgan fingerprint density at radius 2 is 1.67 bits per heavy atom. The average molecular weight is 577 g/mol. The van der Waals surface area contributed by atoms with Crippen LogP contribution in [0.25, 0.3) is 10.2 Å². The molecule has 39 heavy (non-hydrogen) atoms. The molecule has 7 nitrogen and oxygen atoms in total. The number of para-hydroxylation sites is 1. The number of benzene rings is 3. The Kier molecular flexibility index (Phi) is 7.65. The van der Waals surface area contributed by atoms with Crippen molar-refractivity contribution in [3.63, 3.8) is 0 Å². The molecule has 0 atom stereocenters. The molecule has 5 aromatic rings. The number of sulfonamides is 1. The fourth-order valence-corrected chi connectivity index (χ4v) is 7.01. The van der Waals surface area contributed by atoms with E-state index in [4.69, 9.17) is 16.6 Å². The van der Waals surface area contributed by atoms with E-state index >= 15 is 0 Å². The summed E-state index contributed by atoms with van der Waals surface area (Å²) in [6.07, 6.45) is 1.67. The Morgan fingerprint density at radius 1 is 0.949 bits per heavy atom. The quantitative estimate of drug-likeness (QED) is 0.205. The van der Waals surface area contributed by atoms with Crippen LogP contribution in [0.4, 0.5) is 10.8 Å². The van der Waals surface area contributed by atoms with Gasteiger partial charge in [0.05, 0.1) is 38.1 Å². The molecule has 0 unspecified atom stereocenters. The number of thiazole rings is 1. The van der Waals surface area contributed by atoms with Crippen molar-refractivity contribution in [1.82, 2.24) is 9.97 Å². The van der Waals surface area contributed by atoms with E-state index in [0.717, 1.165) is 15.8 Å². The predicted molar refractivity (Wildman–Crippen MR) is 157 cm³/mol. The van der Waals surface area contributed by atoms with Gasteiger partial charge in [0.1, 0.15) is 0 Å². The molecule has 0 N–H and O–H groups in total. The molecule has 10 heteroatoms. The van der Waals surface area contributed by atoms with Gasteiger partial charge in [0.25, 0.3) is 15.9 Å². The summed E-state index contributed by atoms with van der Waals surface area (Å²) < 4.78 is 28.9. The number of fused-ring (bicyclic) bond motifs is 1. The lowest BCUT2D eigenvalue weighted by Crippen LogP contribution is -2.32. The molecule has 0 aliphatic carbocycles. The molecular formula is C29H25ClN4O3S2. The summed E-state index contributed by atoms with van der Waals surface area (Å²) >= 11 is 7.77. The van der Waals surface area contributed by atoms with Crippen molar-refractivity contribution in [1.29, 1.82) is 0 Å². The molecule has 5 rings (SSSR count). The van der Waals surface area contributed by atoms with Gasteiger partial charge in [-0.2, -0.15) is 0 Å². The molecule has 0 aliphatic rings. The number of hydrogen-bond donors (Lipinski definition) is 0. The van der Waals surface area contributed by atoms with Crippen LogP contribution >= 0.6 is 22.9 Å². The number of rotatable bonds is 8. The van der Waals surface area contributed by atoms with Crippen LogP contribution in [-0.4, -0.2) is 30.8 Å². The maximum Gasteiger partial charge on any atom is 0.264 e. The molecule has 2 heterocycles. The molecule has 0 bridgehead atoms. The molecule has 3 aromatic carbocycles. The molecule has 0 spiro atoms. The standard InChI is InChI=1S/C29H25ClN4O3S2/c1-3-34(23-10-5-4-6-11-23)39(36,37)24-15-13-21(14-16-24)28(35)33(19-22-9-7-8-18-31-22)29-32-26-20(2)12-17-25(30)27(26)38-29/h4-18H,3,19H2,1-2H3. The van der Waals surface area contributed by atoms with E-state index in [0.29, 0.717) is 27.1 Å². The van der Waals surface area contributed by atoms with Gasteiger partial charge < -0.3 is 0 Å².